The van der Waals surface area contributed by atoms with E-state index in [4.69, 9.17) is 4.74 Å². The Morgan fingerprint density at radius 2 is 2.09 bits per heavy atom. The summed E-state index contributed by atoms with van der Waals surface area (Å²) in [6.07, 6.45) is 2.87. The molecule has 1 aliphatic rings. The lowest BCUT2D eigenvalue weighted by Crippen LogP contribution is -2.19. The summed E-state index contributed by atoms with van der Waals surface area (Å²) >= 11 is 1.67. The minimum Gasteiger partial charge on any atom is -0.487 e. The van der Waals surface area contributed by atoms with E-state index in [-0.39, 0.29) is 0 Å². The van der Waals surface area contributed by atoms with E-state index in [1.165, 1.54) is 12.8 Å². The highest BCUT2D eigenvalue weighted by Crippen LogP contribution is 2.32. The zero-order chi connectivity index (χ0) is 15.5. The van der Waals surface area contributed by atoms with Gasteiger partial charge in [0.2, 0.25) is 0 Å². The molecule has 118 valence electrons. The molecule has 0 bridgehead atoms. The molecule has 1 atom stereocenters. The van der Waals surface area contributed by atoms with Gasteiger partial charge in [0, 0.05) is 18.5 Å². The molecule has 1 saturated carbocycles. The topological polar surface area (TPSA) is 45.6 Å². The van der Waals surface area contributed by atoms with Crippen LogP contribution >= 0.6 is 11.3 Å². The first-order valence-electron chi connectivity index (χ1n) is 7.75. The van der Waals surface area contributed by atoms with E-state index in [0.29, 0.717) is 12.6 Å². The van der Waals surface area contributed by atoms with Crippen molar-refractivity contribution >= 4 is 16.5 Å². The molecule has 1 N–H and O–H groups in total. The summed E-state index contributed by atoms with van der Waals surface area (Å²) in [6.45, 7) is 2.44. The van der Waals surface area contributed by atoms with Crippen LogP contribution in [0.2, 0.25) is 0 Å². The molecule has 22 heavy (non-hydrogen) atoms. The standard InChI is InChI=1S/C17H22N2O2S/c1-3-16(20)12-4-8-15(9-5-12)21-10-13-11-22-17(18-13)19(2)14-6-7-14/h4-5,8-9,11,14,16,20H,3,6-7,10H2,1-2H3. The summed E-state index contributed by atoms with van der Waals surface area (Å²) in [4.78, 5) is 6.88. The summed E-state index contributed by atoms with van der Waals surface area (Å²) in [5.41, 5.74) is 1.89. The number of rotatable bonds is 7. The molecular weight excluding hydrogens is 296 g/mol. The van der Waals surface area contributed by atoms with Crippen LogP contribution in [0.15, 0.2) is 29.6 Å². The second kappa shape index (κ2) is 6.67. The van der Waals surface area contributed by atoms with Crippen LogP contribution in [0.4, 0.5) is 5.13 Å². The van der Waals surface area contributed by atoms with Gasteiger partial charge in [0.15, 0.2) is 5.13 Å². The van der Waals surface area contributed by atoms with Crippen LogP contribution in [0.5, 0.6) is 5.75 Å². The van der Waals surface area contributed by atoms with E-state index in [2.05, 4.69) is 22.3 Å². The number of hydrogen-bond acceptors (Lipinski definition) is 5. The summed E-state index contributed by atoms with van der Waals surface area (Å²) in [7, 11) is 2.11. The number of anilines is 1. The molecule has 5 heteroatoms. The number of nitrogens with zero attached hydrogens (tertiary/aromatic N) is 2. The highest BCUT2D eigenvalue weighted by molar-refractivity contribution is 7.13. The van der Waals surface area contributed by atoms with Gasteiger partial charge in [-0.3, -0.25) is 0 Å². The predicted octanol–water partition coefficient (Wildman–Crippen LogP) is 3.76. The molecule has 3 rings (SSSR count). The van der Waals surface area contributed by atoms with Crippen LogP contribution in [0.1, 0.15) is 43.5 Å². The zero-order valence-electron chi connectivity index (χ0n) is 13.0. The lowest BCUT2D eigenvalue weighted by molar-refractivity contribution is 0.173. The van der Waals surface area contributed by atoms with E-state index >= 15 is 0 Å². The number of aliphatic hydroxyl groups is 1. The fourth-order valence-electron chi connectivity index (χ4n) is 2.32. The molecule has 2 aromatic rings. The molecule has 1 unspecified atom stereocenters. The molecule has 0 spiro atoms. The van der Waals surface area contributed by atoms with Gasteiger partial charge in [0.1, 0.15) is 12.4 Å². The van der Waals surface area contributed by atoms with Gasteiger partial charge in [-0.15, -0.1) is 11.3 Å². The fraction of sp³-hybridized carbons (Fsp3) is 0.471. The van der Waals surface area contributed by atoms with Crippen LogP contribution < -0.4 is 9.64 Å². The fourth-order valence-corrected chi connectivity index (χ4v) is 3.17. The molecule has 1 aromatic carbocycles. The third-order valence-corrected chi connectivity index (χ3v) is 4.95. The third-order valence-electron chi connectivity index (χ3n) is 3.97. The SMILES string of the molecule is CCC(O)c1ccc(OCc2csc(N(C)C3CC3)n2)cc1. The Hall–Kier alpha value is -1.59. The van der Waals surface area contributed by atoms with Gasteiger partial charge >= 0.3 is 0 Å². The Morgan fingerprint density at radius 1 is 1.36 bits per heavy atom. The van der Waals surface area contributed by atoms with Crippen molar-refractivity contribution < 1.29 is 9.84 Å². The van der Waals surface area contributed by atoms with Crippen molar-refractivity contribution in [2.75, 3.05) is 11.9 Å². The highest BCUT2D eigenvalue weighted by atomic mass is 32.1. The van der Waals surface area contributed by atoms with Gasteiger partial charge in [0.25, 0.3) is 0 Å². The third kappa shape index (κ3) is 3.59. The Morgan fingerprint density at radius 3 is 2.73 bits per heavy atom. The van der Waals surface area contributed by atoms with Gasteiger partial charge in [-0.25, -0.2) is 4.98 Å². The summed E-state index contributed by atoms with van der Waals surface area (Å²) < 4.78 is 5.77. The largest absolute Gasteiger partial charge is 0.487 e. The van der Waals surface area contributed by atoms with Gasteiger partial charge in [-0.1, -0.05) is 19.1 Å². The van der Waals surface area contributed by atoms with Crippen molar-refractivity contribution in [1.82, 2.24) is 4.98 Å². The van der Waals surface area contributed by atoms with Crippen LogP contribution in [0.3, 0.4) is 0 Å². The maximum absolute atomic E-state index is 9.78. The Labute approximate surface area is 135 Å². The molecule has 1 aliphatic carbocycles. The maximum Gasteiger partial charge on any atom is 0.185 e. The van der Waals surface area contributed by atoms with Crippen molar-refractivity contribution in [3.8, 4) is 5.75 Å². The van der Waals surface area contributed by atoms with E-state index in [1.54, 1.807) is 11.3 Å². The number of hydrogen-bond donors (Lipinski definition) is 1. The Bertz CT molecular complexity index is 607. The molecule has 0 saturated heterocycles. The first-order valence-corrected chi connectivity index (χ1v) is 8.63. The van der Waals surface area contributed by atoms with Gasteiger partial charge in [-0.2, -0.15) is 0 Å². The van der Waals surface area contributed by atoms with Crippen molar-refractivity contribution in [3.05, 3.63) is 40.9 Å². The van der Waals surface area contributed by atoms with Gasteiger partial charge in [0.05, 0.1) is 11.8 Å². The highest BCUT2D eigenvalue weighted by Gasteiger charge is 2.27. The summed E-state index contributed by atoms with van der Waals surface area (Å²) in [5.74, 6) is 0.803. The van der Waals surface area contributed by atoms with Crippen LogP contribution in [0, 0.1) is 0 Å². The normalized spacial score (nSPS) is 15.6. The minimum absolute atomic E-state index is 0.395. The summed E-state index contributed by atoms with van der Waals surface area (Å²) in [6, 6.07) is 8.31. The average Bonchev–Trinajstić information content (AvgIpc) is 3.30. The lowest BCUT2D eigenvalue weighted by atomic mass is 10.1. The molecule has 1 fully saturated rings. The van der Waals surface area contributed by atoms with Crippen LogP contribution in [0.25, 0.3) is 0 Å². The molecule has 4 nitrogen and oxygen atoms in total. The molecule has 1 aromatic heterocycles. The monoisotopic (exact) mass is 318 g/mol. The predicted molar refractivity (Wildman–Crippen MR) is 89.6 cm³/mol. The molecule has 0 radical (unpaired) electrons. The number of aliphatic hydroxyl groups excluding tert-OH is 1. The van der Waals surface area contributed by atoms with E-state index in [9.17, 15) is 5.11 Å². The number of thiazole rings is 1. The zero-order valence-corrected chi connectivity index (χ0v) is 13.8. The summed E-state index contributed by atoms with van der Waals surface area (Å²) in [5, 5.41) is 12.9. The maximum atomic E-state index is 9.78. The smallest absolute Gasteiger partial charge is 0.185 e. The van der Waals surface area contributed by atoms with Crippen molar-refractivity contribution in [1.29, 1.82) is 0 Å². The average molecular weight is 318 g/mol. The Balaban J connectivity index is 1.55. The van der Waals surface area contributed by atoms with E-state index in [0.717, 1.165) is 28.6 Å². The molecular formula is C17H22N2O2S. The second-order valence-corrected chi connectivity index (χ2v) is 6.58. The van der Waals surface area contributed by atoms with Crippen molar-refractivity contribution in [2.24, 2.45) is 0 Å². The van der Waals surface area contributed by atoms with Crippen LogP contribution in [-0.2, 0) is 6.61 Å². The number of benzene rings is 1. The lowest BCUT2D eigenvalue weighted by Gasteiger charge is -2.13. The number of ether oxygens (including phenoxy) is 1. The molecule has 1 heterocycles. The second-order valence-electron chi connectivity index (χ2n) is 5.75. The van der Waals surface area contributed by atoms with Gasteiger partial charge < -0.3 is 14.7 Å². The van der Waals surface area contributed by atoms with Crippen molar-refractivity contribution in [2.45, 2.75) is 44.9 Å². The quantitative estimate of drug-likeness (QED) is 0.844. The van der Waals surface area contributed by atoms with E-state index in [1.807, 2.05) is 31.2 Å². The first kappa shape index (κ1) is 15.3. The Kier molecular flexibility index (Phi) is 4.64. The minimum atomic E-state index is -0.395. The molecule has 0 aliphatic heterocycles. The molecule has 0 amide bonds. The van der Waals surface area contributed by atoms with Crippen LogP contribution in [-0.4, -0.2) is 23.2 Å². The first-order chi connectivity index (χ1) is 10.7. The van der Waals surface area contributed by atoms with Gasteiger partial charge in [-0.05, 0) is 37.0 Å². The van der Waals surface area contributed by atoms with Crippen molar-refractivity contribution in [3.63, 3.8) is 0 Å². The van der Waals surface area contributed by atoms with E-state index < -0.39 is 6.10 Å². The number of aromatic nitrogens is 1.